The second-order valence-electron chi connectivity index (χ2n) is 4.98. The summed E-state index contributed by atoms with van der Waals surface area (Å²) in [4.78, 5) is 46.3. The van der Waals surface area contributed by atoms with E-state index in [1.54, 1.807) is 13.0 Å². The molecule has 1 unspecified atom stereocenters. The minimum absolute atomic E-state index is 0.00629. The first kappa shape index (κ1) is 21.4. The van der Waals surface area contributed by atoms with Crippen LogP contribution in [-0.4, -0.2) is 60.1 Å². The maximum atomic E-state index is 12.4. The van der Waals surface area contributed by atoms with Gasteiger partial charge in [-0.05, 0) is 6.92 Å². The molecular formula is C16H23NO7. The highest BCUT2D eigenvalue weighted by Crippen LogP contribution is 2.07. The van der Waals surface area contributed by atoms with Crippen molar-refractivity contribution >= 4 is 23.8 Å². The van der Waals surface area contributed by atoms with Crippen molar-refractivity contribution in [2.45, 2.75) is 33.3 Å². The lowest BCUT2D eigenvalue weighted by molar-refractivity contribution is -0.158. The standard InChI is InChI=1S/C16H23NO7/c1-5-6-13(7-8-15(20)21)16(22)17(4)9-14(24-12(3)19)10-23-11(2)18/h5-7,14H,8-10H2,1-4H3,(H,20,21). The number of allylic oxidation sites excluding steroid dienone is 1. The SMILES string of the molecule is CC=CC(=CCC(=O)O)C(=O)N(C)CC(COC(C)=O)OC(C)=O. The first-order valence-corrected chi connectivity index (χ1v) is 7.28. The van der Waals surface area contributed by atoms with Gasteiger partial charge in [-0.3, -0.25) is 19.2 Å². The van der Waals surface area contributed by atoms with Crippen LogP contribution in [0.5, 0.6) is 0 Å². The number of nitrogens with zero attached hydrogens (tertiary/aromatic N) is 1. The number of carbonyl (C=O) groups excluding carboxylic acids is 3. The van der Waals surface area contributed by atoms with E-state index in [-0.39, 0.29) is 25.1 Å². The van der Waals surface area contributed by atoms with Gasteiger partial charge in [-0.25, -0.2) is 0 Å². The lowest BCUT2D eigenvalue weighted by atomic mass is 10.1. The molecular weight excluding hydrogens is 318 g/mol. The van der Waals surface area contributed by atoms with Crippen molar-refractivity contribution in [3.8, 4) is 0 Å². The van der Waals surface area contributed by atoms with Crippen LogP contribution >= 0.6 is 0 Å². The molecule has 0 bridgehead atoms. The number of likely N-dealkylation sites (N-methyl/N-ethyl adjacent to an activating group) is 1. The van der Waals surface area contributed by atoms with Gasteiger partial charge in [0.25, 0.3) is 5.91 Å². The lowest BCUT2D eigenvalue weighted by Crippen LogP contribution is -2.39. The molecule has 0 saturated heterocycles. The van der Waals surface area contributed by atoms with Crippen LogP contribution in [0, 0.1) is 0 Å². The monoisotopic (exact) mass is 341 g/mol. The third-order valence-corrected chi connectivity index (χ3v) is 2.72. The van der Waals surface area contributed by atoms with E-state index >= 15 is 0 Å². The van der Waals surface area contributed by atoms with Gasteiger partial charge in [0.2, 0.25) is 0 Å². The molecule has 24 heavy (non-hydrogen) atoms. The van der Waals surface area contributed by atoms with Crippen LogP contribution in [0.3, 0.4) is 0 Å². The number of carboxylic acids is 1. The van der Waals surface area contributed by atoms with Crippen molar-refractivity contribution in [2.75, 3.05) is 20.2 Å². The third-order valence-electron chi connectivity index (χ3n) is 2.72. The fourth-order valence-corrected chi connectivity index (χ4v) is 1.78. The fraction of sp³-hybridized carbons (Fsp3) is 0.500. The van der Waals surface area contributed by atoms with Gasteiger partial charge in [0.05, 0.1) is 13.0 Å². The molecule has 1 N–H and O–H groups in total. The molecule has 0 heterocycles. The summed E-state index contributed by atoms with van der Waals surface area (Å²) in [5.41, 5.74) is 0.205. The summed E-state index contributed by atoms with van der Waals surface area (Å²) in [6, 6.07) is 0. The number of ether oxygens (including phenoxy) is 2. The fourth-order valence-electron chi connectivity index (χ4n) is 1.78. The molecule has 1 atom stereocenters. The van der Waals surface area contributed by atoms with Crippen molar-refractivity contribution in [1.82, 2.24) is 4.90 Å². The Hall–Kier alpha value is -2.64. The second kappa shape index (κ2) is 11.0. The number of hydrogen-bond donors (Lipinski definition) is 1. The van der Waals surface area contributed by atoms with Crippen molar-refractivity contribution in [3.05, 3.63) is 23.8 Å². The average Bonchev–Trinajstić information content (AvgIpc) is 2.47. The summed E-state index contributed by atoms with van der Waals surface area (Å²) in [6.45, 7) is 3.95. The van der Waals surface area contributed by atoms with Gasteiger partial charge in [-0.15, -0.1) is 0 Å². The van der Waals surface area contributed by atoms with Crippen LogP contribution in [-0.2, 0) is 28.7 Å². The second-order valence-corrected chi connectivity index (χ2v) is 4.98. The molecule has 0 fully saturated rings. The molecule has 1 amide bonds. The topological polar surface area (TPSA) is 110 Å². The van der Waals surface area contributed by atoms with Crippen molar-refractivity contribution in [1.29, 1.82) is 0 Å². The molecule has 0 aromatic rings. The van der Waals surface area contributed by atoms with E-state index in [1.165, 1.54) is 37.9 Å². The summed E-state index contributed by atoms with van der Waals surface area (Å²) in [6.07, 6.45) is 3.30. The highest BCUT2D eigenvalue weighted by atomic mass is 16.6. The third kappa shape index (κ3) is 9.39. The molecule has 0 rings (SSSR count). The largest absolute Gasteiger partial charge is 0.481 e. The van der Waals surface area contributed by atoms with Gasteiger partial charge < -0.3 is 19.5 Å². The number of aliphatic carboxylic acids is 1. The molecule has 8 nitrogen and oxygen atoms in total. The predicted molar refractivity (Wildman–Crippen MR) is 85.0 cm³/mol. The van der Waals surface area contributed by atoms with E-state index in [9.17, 15) is 19.2 Å². The predicted octanol–water partition coefficient (Wildman–Crippen LogP) is 0.917. The van der Waals surface area contributed by atoms with Crippen LogP contribution < -0.4 is 0 Å². The van der Waals surface area contributed by atoms with Gasteiger partial charge >= 0.3 is 17.9 Å². The van der Waals surface area contributed by atoms with Crippen LogP contribution in [0.1, 0.15) is 27.2 Å². The van der Waals surface area contributed by atoms with E-state index in [4.69, 9.17) is 14.6 Å². The first-order valence-electron chi connectivity index (χ1n) is 7.28. The van der Waals surface area contributed by atoms with Gasteiger partial charge in [0.15, 0.2) is 6.10 Å². The Morgan fingerprint density at radius 3 is 2.25 bits per heavy atom. The van der Waals surface area contributed by atoms with Gasteiger partial charge in [-0.2, -0.15) is 0 Å². The number of carboxylic acid groups (broad SMARTS) is 1. The van der Waals surface area contributed by atoms with Crippen LogP contribution in [0.2, 0.25) is 0 Å². The Balaban J connectivity index is 5.02. The Morgan fingerprint density at radius 1 is 1.17 bits per heavy atom. The summed E-state index contributed by atoms with van der Waals surface area (Å²) >= 11 is 0. The highest BCUT2D eigenvalue weighted by molar-refractivity contribution is 5.96. The average molecular weight is 341 g/mol. The Morgan fingerprint density at radius 2 is 1.79 bits per heavy atom. The minimum atomic E-state index is -1.06. The van der Waals surface area contributed by atoms with E-state index in [1.807, 2.05) is 0 Å². The molecule has 0 aromatic heterocycles. The maximum absolute atomic E-state index is 12.4. The number of rotatable bonds is 9. The normalized spacial score (nSPS) is 12.6. The van der Waals surface area contributed by atoms with E-state index in [0.29, 0.717) is 0 Å². The number of amides is 1. The molecule has 0 radical (unpaired) electrons. The minimum Gasteiger partial charge on any atom is -0.481 e. The van der Waals surface area contributed by atoms with Crippen molar-refractivity contribution in [3.63, 3.8) is 0 Å². The lowest BCUT2D eigenvalue weighted by Gasteiger charge is -2.24. The molecule has 0 spiro atoms. The molecule has 0 aliphatic carbocycles. The molecule has 134 valence electrons. The van der Waals surface area contributed by atoms with Crippen LogP contribution in [0.4, 0.5) is 0 Å². The van der Waals surface area contributed by atoms with Crippen molar-refractivity contribution < 1.29 is 33.8 Å². The quantitative estimate of drug-likeness (QED) is 0.377. The summed E-state index contributed by atoms with van der Waals surface area (Å²) in [5, 5.41) is 8.72. The summed E-state index contributed by atoms with van der Waals surface area (Å²) < 4.78 is 9.83. The molecule has 0 aliphatic rings. The van der Waals surface area contributed by atoms with Crippen LogP contribution in [0.25, 0.3) is 0 Å². The summed E-state index contributed by atoms with van der Waals surface area (Å²) in [7, 11) is 1.48. The zero-order valence-corrected chi connectivity index (χ0v) is 14.3. The zero-order chi connectivity index (χ0) is 18.7. The van der Waals surface area contributed by atoms with E-state index in [0.717, 1.165) is 0 Å². The van der Waals surface area contributed by atoms with Gasteiger partial charge in [0.1, 0.15) is 6.61 Å². The zero-order valence-electron chi connectivity index (χ0n) is 14.3. The maximum Gasteiger partial charge on any atom is 0.307 e. The molecule has 0 saturated carbocycles. The Kier molecular flexibility index (Phi) is 9.77. The van der Waals surface area contributed by atoms with Gasteiger partial charge in [-0.1, -0.05) is 18.2 Å². The number of hydrogen-bond acceptors (Lipinski definition) is 6. The van der Waals surface area contributed by atoms with Crippen LogP contribution in [0.15, 0.2) is 23.8 Å². The molecule has 0 aliphatic heterocycles. The number of esters is 2. The van der Waals surface area contributed by atoms with Gasteiger partial charge in [0, 0.05) is 26.5 Å². The Labute approximate surface area is 140 Å². The highest BCUT2D eigenvalue weighted by Gasteiger charge is 2.21. The van der Waals surface area contributed by atoms with E-state index < -0.39 is 29.9 Å². The van der Waals surface area contributed by atoms with E-state index in [2.05, 4.69) is 0 Å². The Bertz CT molecular complexity index is 537. The first-order chi connectivity index (χ1) is 11.2. The van der Waals surface area contributed by atoms with Crippen molar-refractivity contribution in [2.24, 2.45) is 0 Å². The summed E-state index contributed by atoms with van der Waals surface area (Å²) in [5.74, 6) is -2.59. The molecule has 8 heteroatoms. The number of carbonyl (C=O) groups is 4. The smallest absolute Gasteiger partial charge is 0.307 e. The molecule has 0 aromatic carbocycles.